The zero-order chi connectivity index (χ0) is 24.2. The van der Waals surface area contributed by atoms with Gasteiger partial charge in [-0.05, 0) is 65.3 Å². The summed E-state index contributed by atoms with van der Waals surface area (Å²) in [5.41, 5.74) is 6.11. The molecule has 1 N–H and O–H groups in total. The highest BCUT2D eigenvalue weighted by Gasteiger charge is 2.51. The molecule has 3 aromatic rings. The van der Waals surface area contributed by atoms with Crippen LogP contribution in [0.5, 0.6) is 0 Å². The van der Waals surface area contributed by atoms with Crippen molar-refractivity contribution in [3.05, 3.63) is 94.5 Å². The summed E-state index contributed by atoms with van der Waals surface area (Å²) < 4.78 is 5.96. The molecule has 176 valence electrons. The highest BCUT2D eigenvalue weighted by atomic mass is 16.6. The first-order valence-electron chi connectivity index (χ1n) is 12.4. The summed E-state index contributed by atoms with van der Waals surface area (Å²) in [6.07, 6.45) is 2.35. The number of nitriles is 1. The number of ether oxygens (including phenoxy) is 1. The van der Waals surface area contributed by atoms with Gasteiger partial charge in [0.1, 0.15) is 6.61 Å². The van der Waals surface area contributed by atoms with E-state index < -0.39 is 5.60 Å². The molecule has 3 aliphatic rings. The molecule has 1 amide bonds. The smallest absolute Gasteiger partial charge is 0.410 e. The number of aliphatic hydroxyl groups is 1. The molecule has 2 bridgehead atoms. The molecule has 2 unspecified atom stereocenters. The van der Waals surface area contributed by atoms with Crippen LogP contribution < -0.4 is 0 Å². The molecule has 0 saturated carbocycles. The molecule has 6 rings (SSSR count). The number of rotatable bonds is 3. The van der Waals surface area contributed by atoms with Crippen molar-refractivity contribution in [2.24, 2.45) is 0 Å². The SMILES string of the molecule is Cc1ccc(C#N)cc1C1(O)CC2CCC(C1)N2C(=O)OCC1c2ccccc2-c2ccccc21. The first-order chi connectivity index (χ1) is 17.0. The van der Waals surface area contributed by atoms with Crippen LogP contribution in [0.25, 0.3) is 11.1 Å². The first-order valence-corrected chi connectivity index (χ1v) is 12.4. The van der Waals surface area contributed by atoms with Gasteiger partial charge < -0.3 is 14.7 Å². The van der Waals surface area contributed by atoms with Gasteiger partial charge in [-0.2, -0.15) is 5.26 Å². The van der Waals surface area contributed by atoms with Gasteiger partial charge >= 0.3 is 6.09 Å². The maximum Gasteiger partial charge on any atom is 0.410 e. The lowest BCUT2D eigenvalue weighted by Crippen LogP contribution is -2.52. The summed E-state index contributed by atoms with van der Waals surface area (Å²) in [6, 6.07) is 24.2. The number of amides is 1. The van der Waals surface area contributed by atoms with Gasteiger partial charge in [-0.15, -0.1) is 0 Å². The zero-order valence-corrected chi connectivity index (χ0v) is 19.8. The number of nitrogens with zero attached hydrogens (tertiary/aromatic N) is 2. The molecular weight excluding hydrogens is 436 g/mol. The molecule has 5 heteroatoms. The van der Waals surface area contributed by atoms with Crippen molar-refractivity contribution in [3.63, 3.8) is 0 Å². The average Bonchev–Trinajstić information content (AvgIpc) is 3.35. The van der Waals surface area contributed by atoms with E-state index in [0.717, 1.165) is 24.0 Å². The normalized spacial score (nSPS) is 24.5. The lowest BCUT2D eigenvalue weighted by atomic mass is 9.78. The Hall–Kier alpha value is -3.62. The van der Waals surface area contributed by atoms with Gasteiger partial charge in [0, 0.05) is 30.8 Å². The van der Waals surface area contributed by atoms with E-state index in [1.165, 1.54) is 22.3 Å². The fraction of sp³-hybridized carbons (Fsp3) is 0.333. The summed E-state index contributed by atoms with van der Waals surface area (Å²) in [4.78, 5) is 15.2. The molecule has 3 aromatic carbocycles. The minimum absolute atomic E-state index is 0.0297. The van der Waals surface area contributed by atoms with Crippen LogP contribution in [0.1, 0.15) is 59.4 Å². The van der Waals surface area contributed by atoms with Gasteiger partial charge in [0.25, 0.3) is 0 Å². The van der Waals surface area contributed by atoms with Crippen molar-refractivity contribution in [2.75, 3.05) is 6.61 Å². The molecule has 1 aliphatic carbocycles. The summed E-state index contributed by atoms with van der Waals surface area (Å²) in [6.45, 7) is 2.27. The van der Waals surface area contributed by atoms with E-state index >= 15 is 0 Å². The maximum absolute atomic E-state index is 13.3. The van der Waals surface area contributed by atoms with Crippen molar-refractivity contribution in [1.29, 1.82) is 5.26 Å². The van der Waals surface area contributed by atoms with E-state index in [1.54, 1.807) is 12.1 Å². The van der Waals surface area contributed by atoms with Crippen LogP contribution in [0.2, 0.25) is 0 Å². The lowest BCUT2D eigenvalue weighted by Gasteiger charge is -2.44. The zero-order valence-electron chi connectivity index (χ0n) is 19.8. The van der Waals surface area contributed by atoms with E-state index in [2.05, 4.69) is 30.3 Å². The third kappa shape index (κ3) is 3.52. The minimum Gasteiger partial charge on any atom is -0.448 e. The second-order valence-electron chi connectivity index (χ2n) is 10.2. The van der Waals surface area contributed by atoms with Crippen molar-refractivity contribution in [1.82, 2.24) is 4.90 Å². The maximum atomic E-state index is 13.3. The Morgan fingerprint density at radius 2 is 1.63 bits per heavy atom. The molecule has 0 radical (unpaired) electrons. The first kappa shape index (κ1) is 21.9. The van der Waals surface area contributed by atoms with E-state index in [1.807, 2.05) is 42.2 Å². The molecule has 2 atom stereocenters. The Balaban J connectivity index is 1.20. The Labute approximate surface area is 205 Å². The highest BCUT2D eigenvalue weighted by Crippen LogP contribution is 2.48. The third-order valence-corrected chi connectivity index (χ3v) is 8.18. The van der Waals surface area contributed by atoms with Crippen LogP contribution in [0.15, 0.2) is 66.7 Å². The minimum atomic E-state index is -1.04. The highest BCUT2D eigenvalue weighted by molar-refractivity contribution is 5.79. The van der Waals surface area contributed by atoms with Crippen LogP contribution >= 0.6 is 0 Å². The lowest BCUT2D eigenvalue weighted by molar-refractivity contribution is -0.0534. The van der Waals surface area contributed by atoms with Gasteiger partial charge in [-0.25, -0.2) is 4.79 Å². The van der Waals surface area contributed by atoms with Crippen LogP contribution in [0.4, 0.5) is 4.79 Å². The summed E-state index contributed by atoms with van der Waals surface area (Å²) >= 11 is 0. The Bertz CT molecular complexity index is 1300. The quantitative estimate of drug-likeness (QED) is 0.545. The summed E-state index contributed by atoms with van der Waals surface area (Å²) in [7, 11) is 0. The molecule has 0 aromatic heterocycles. The standard InChI is InChI=1S/C30H28N2O3/c1-19-10-11-20(17-31)14-28(19)30(34)15-21-12-13-22(16-30)32(21)29(33)35-18-27-25-8-4-2-6-23(25)24-7-3-5-9-26(24)27/h2-11,14,21-22,27,34H,12-13,15-16,18H2,1H3. The number of carbonyl (C=O) groups is 1. The molecule has 2 fully saturated rings. The molecule has 2 aliphatic heterocycles. The van der Waals surface area contributed by atoms with Gasteiger partial charge in [-0.3, -0.25) is 0 Å². The largest absolute Gasteiger partial charge is 0.448 e. The number of hydrogen-bond acceptors (Lipinski definition) is 4. The van der Waals surface area contributed by atoms with E-state index in [4.69, 9.17) is 4.74 Å². The van der Waals surface area contributed by atoms with Crippen molar-refractivity contribution < 1.29 is 14.6 Å². The van der Waals surface area contributed by atoms with Crippen LogP contribution in [0.3, 0.4) is 0 Å². The number of hydrogen-bond donors (Lipinski definition) is 1. The number of fused-ring (bicyclic) bond motifs is 5. The van der Waals surface area contributed by atoms with Crippen LogP contribution in [-0.2, 0) is 10.3 Å². The Morgan fingerprint density at radius 1 is 1.03 bits per heavy atom. The molecule has 0 spiro atoms. The number of carbonyl (C=O) groups excluding carboxylic acids is 1. The second-order valence-corrected chi connectivity index (χ2v) is 10.2. The van der Waals surface area contributed by atoms with E-state index in [0.29, 0.717) is 25.0 Å². The van der Waals surface area contributed by atoms with Crippen LogP contribution in [-0.4, -0.2) is 34.8 Å². The molecule has 5 nitrogen and oxygen atoms in total. The molecule has 2 saturated heterocycles. The van der Waals surface area contributed by atoms with E-state index in [9.17, 15) is 15.2 Å². The van der Waals surface area contributed by atoms with Crippen molar-refractivity contribution in [3.8, 4) is 17.2 Å². The molecule has 2 heterocycles. The van der Waals surface area contributed by atoms with Crippen molar-refractivity contribution >= 4 is 6.09 Å². The molecular formula is C30H28N2O3. The predicted molar refractivity (Wildman–Crippen MR) is 133 cm³/mol. The van der Waals surface area contributed by atoms with Crippen LogP contribution in [0, 0.1) is 18.3 Å². The number of piperidine rings is 1. The molecule has 35 heavy (non-hydrogen) atoms. The third-order valence-electron chi connectivity index (χ3n) is 8.18. The number of aryl methyl sites for hydroxylation is 1. The summed E-state index contributed by atoms with van der Waals surface area (Å²) in [5.74, 6) is 0.0297. The van der Waals surface area contributed by atoms with Gasteiger partial charge in [0.2, 0.25) is 0 Å². The Kier molecular flexibility index (Phi) is 5.16. The fourth-order valence-corrected chi connectivity index (χ4v) is 6.60. The second kappa shape index (κ2) is 8.25. The fourth-order valence-electron chi connectivity index (χ4n) is 6.60. The van der Waals surface area contributed by atoms with E-state index in [-0.39, 0.29) is 24.1 Å². The van der Waals surface area contributed by atoms with Gasteiger partial charge in [0.15, 0.2) is 0 Å². The Morgan fingerprint density at radius 3 is 2.23 bits per heavy atom. The monoisotopic (exact) mass is 464 g/mol. The number of benzene rings is 3. The van der Waals surface area contributed by atoms with Crippen molar-refractivity contribution in [2.45, 2.75) is 56.2 Å². The van der Waals surface area contributed by atoms with Gasteiger partial charge in [-0.1, -0.05) is 54.6 Å². The average molecular weight is 465 g/mol. The predicted octanol–water partition coefficient (Wildman–Crippen LogP) is 5.63. The van der Waals surface area contributed by atoms with Gasteiger partial charge in [0.05, 0.1) is 17.2 Å². The summed E-state index contributed by atoms with van der Waals surface area (Å²) in [5, 5.41) is 21.0. The topological polar surface area (TPSA) is 73.6 Å².